The summed E-state index contributed by atoms with van der Waals surface area (Å²) in [6, 6.07) is 0. The first-order valence-corrected chi connectivity index (χ1v) is 6.99. The summed E-state index contributed by atoms with van der Waals surface area (Å²) in [5, 5.41) is 14.7. The van der Waals surface area contributed by atoms with E-state index < -0.39 is 5.97 Å². The third kappa shape index (κ3) is 2.35. The van der Waals surface area contributed by atoms with Gasteiger partial charge >= 0.3 is 0 Å². The topological polar surface area (TPSA) is 87.0 Å². The number of piperidine rings is 1. The van der Waals surface area contributed by atoms with Gasteiger partial charge in [-0.3, -0.25) is 4.68 Å². The normalized spacial score (nSPS) is 23.1. The number of carbonyl (C=O) groups is 1. The van der Waals surface area contributed by atoms with Crippen LogP contribution in [0.3, 0.4) is 0 Å². The number of rotatable bonds is 4. The van der Waals surface area contributed by atoms with E-state index in [2.05, 4.69) is 20.0 Å². The van der Waals surface area contributed by atoms with Crippen LogP contribution in [-0.2, 0) is 6.54 Å². The predicted molar refractivity (Wildman–Crippen MR) is 71.5 cm³/mol. The van der Waals surface area contributed by atoms with Gasteiger partial charge in [-0.25, -0.2) is 9.97 Å². The Morgan fingerprint density at radius 2 is 1.95 bits per heavy atom. The van der Waals surface area contributed by atoms with E-state index in [0.29, 0.717) is 6.54 Å². The highest BCUT2D eigenvalue weighted by Gasteiger charge is 2.45. The van der Waals surface area contributed by atoms with E-state index in [1.807, 2.05) is 0 Å². The van der Waals surface area contributed by atoms with Crippen LogP contribution in [-0.4, -0.2) is 38.8 Å². The molecule has 1 saturated carbocycles. The molecule has 7 nitrogen and oxygen atoms in total. The van der Waals surface area contributed by atoms with Crippen LogP contribution < -0.4 is 10.0 Å². The summed E-state index contributed by atoms with van der Waals surface area (Å²) in [4.78, 5) is 21.7. The first-order valence-electron chi connectivity index (χ1n) is 6.99. The van der Waals surface area contributed by atoms with Crippen molar-refractivity contribution in [2.45, 2.75) is 13.0 Å². The highest BCUT2D eigenvalue weighted by atomic mass is 16.4. The number of carboxylic acid groups (broad SMARTS) is 1. The molecule has 1 aliphatic carbocycles. The van der Waals surface area contributed by atoms with Crippen LogP contribution in [0.2, 0.25) is 0 Å². The summed E-state index contributed by atoms with van der Waals surface area (Å²) in [6.45, 7) is 2.58. The molecule has 2 fully saturated rings. The van der Waals surface area contributed by atoms with Crippen molar-refractivity contribution >= 4 is 11.9 Å². The van der Waals surface area contributed by atoms with Gasteiger partial charge in [0.15, 0.2) is 0 Å². The van der Waals surface area contributed by atoms with Crippen LogP contribution in [0, 0.1) is 11.8 Å². The lowest BCUT2D eigenvalue weighted by atomic mass is 10.3. The standard InChI is InChI=1S/C14H15N5O2/c20-13(21)12-4-17-19(8-12)5-9-2-15-14(16-3-9)18-6-10-1-11(10)7-18/h2-4,8,10-11H,1,5-7H2,(H,20,21)/p-1. The lowest BCUT2D eigenvalue weighted by Gasteiger charge is -2.17. The van der Waals surface area contributed by atoms with E-state index in [1.54, 1.807) is 12.4 Å². The number of anilines is 1. The lowest BCUT2D eigenvalue weighted by Crippen LogP contribution is -2.24. The largest absolute Gasteiger partial charge is 0.545 e. The Bertz CT molecular complexity index is 671. The van der Waals surface area contributed by atoms with Gasteiger partial charge in [-0.15, -0.1) is 0 Å². The zero-order chi connectivity index (χ0) is 14.4. The molecule has 0 aromatic carbocycles. The first-order chi connectivity index (χ1) is 10.2. The second-order valence-electron chi connectivity index (χ2n) is 5.77. The van der Waals surface area contributed by atoms with Crippen LogP contribution in [0.25, 0.3) is 0 Å². The number of aromatic nitrogens is 4. The molecular formula is C14H14N5O2-. The molecule has 2 atom stereocenters. The summed E-state index contributed by atoms with van der Waals surface area (Å²) in [5.74, 6) is 1.25. The van der Waals surface area contributed by atoms with Crippen molar-refractivity contribution in [2.75, 3.05) is 18.0 Å². The number of aromatic carboxylic acids is 1. The van der Waals surface area contributed by atoms with Crippen LogP contribution in [0.5, 0.6) is 0 Å². The number of fused-ring (bicyclic) bond motifs is 1. The van der Waals surface area contributed by atoms with Crippen LogP contribution >= 0.6 is 0 Å². The van der Waals surface area contributed by atoms with Crippen molar-refractivity contribution in [2.24, 2.45) is 11.8 Å². The fourth-order valence-electron chi connectivity index (χ4n) is 2.90. The molecule has 2 unspecified atom stereocenters. The average Bonchev–Trinajstić information content (AvgIpc) is 2.90. The summed E-state index contributed by atoms with van der Waals surface area (Å²) in [7, 11) is 0. The van der Waals surface area contributed by atoms with E-state index in [9.17, 15) is 9.90 Å². The van der Waals surface area contributed by atoms with Gasteiger partial charge in [0.05, 0.1) is 18.7 Å². The number of hydrogen-bond acceptors (Lipinski definition) is 6. The van der Waals surface area contributed by atoms with Crippen molar-refractivity contribution in [3.63, 3.8) is 0 Å². The Balaban J connectivity index is 1.44. The highest BCUT2D eigenvalue weighted by Crippen LogP contribution is 2.45. The number of nitrogens with zero attached hydrogens (tertiary/aromatic N) is 5. The number of carbonyl (C=O) groups excluding carboxylic acids is 1. The average molecular weight is 284 g/mol. The van der Waals surface area contributed by atoms with E-state index in [-0.39, 0.29) is 5.56 Å². The van der Waals surface area contributed by atoms with Crippen molar-refractivity contribution in [3.8, 4) is 0 Å². The van der Waals surface area contributed by atoms with Gasteiger partial charge < -0.3 is 14.8 Å². The monoisotopic (exact) mass is 284 g/mol. The maximum Gasteiger partial charge on any atom is 0.225 e. The Labute approximate surface area is 121 Å². The van der Waals surface area contributed by atoms with E-state index >= 15 is 0 Å². The molecule has 108 valence electrons. The maximum atomic E-state index is 10.7. The SMILES string of the molecule is O=C([O-])c1cnn(Cc2cnc(N3CC4CC4C3)nc2)c1. The summed E-state index contributed by atoms with van der Waals surface area (Å²) in [5.41, 5.74) is 0.958. The Hall–Kier alpha value is -2.44. The van der Waals surface area contributed by atoms with E-state index in [4.69, 9.17) is 0 Å². The van der Waals surface area contributed by atoms with Gasteiger partial charge in [-0.05, 0) is 18.3 Å². The second kappa shape index (κ2) is 4.54. The number of hydrogen-bond donors (Lipinski definition) is 0. The minimum absolute atomic E-state index is 0.0730. The molecule has 1 saturated heterocycles. The van der Waals surface area contributed by atoms with Gasteiger partial charge in [0.25, 0.3) is 0 Å². The second-order valence-corrected chi connectivity index (χ2v) is 5.77. The molecule has 7 heteroatoms. The zero-order valence-electron chi connectivity index (χ0n) is 11.3. The zero-order valence-corrected chi connectivity index (χ0v) is 11.3. The molecule has 0 spiro atoms. The fraction of sp³-hybridized carbons (Fsp3) is 0.429. The number of carboxylic acids is 1. The minimum Gasteiger partial charge on any atom is -0.545 e. The fourth-order valence-corrected chi connectivity index (χ4v) is 2.90. The van der Waals surface area contributed by atoms with E-state index in [0.717, 1.165) is 36.4 Å². The van der Waals surface area contributed by atoms with Crippen LogP contribution in [0.4, 0.5) is 5.95 Å². The van der Waals surface area contributed by atoms with Crippen molar-refractivity contribution < 1.29 is 9.90 Å². The molecule has 0 amide bonds. The Morgan fingerprint density at radius 3 is 2.57 bits per heavy atom. The van der Waals surface area contributed by atoms with Gasteiger partial charge in [0.1, 0.15) is 0 Å². The van der Waals surface area contributed by atoms with Gasteiger partial charge in [0.2, 0.25) is 5.95 Å². The molecule has 0 radical (unpaired) electrons. The Kier molecular flexibility index (Phi) is 2.66. The molecule has 2 aromatic heterocycles. The third-order valence-corrected chi connectivity index (χ3v) is 4.17. The van der Waals surface area contributed by atoms with Crippen molar-refractivity contribution in [3.05, 3.63) is 35.9 Å². The van der Waals surface area contributed by atoms with Gasteiger partial charge in [-0.2, -0.15) is 5.10 Å². The summed E-state index contributed by atoms with van der Waals surface area (Å²) in [6.07, 6.45) is 7.62. The maximum absolute atomic E-state index is 10.7. The molecule has 2 aliphatic rings. The minimum atomic E-state index is -1.22. The first kappa shape index (κ1) is 12.3. The smallest absolute Gasteiger partial charge is 0.225 e. The third-order valence-electron chi connectivity index (χ3n) is 4.17. The van der Waals surface area contributed by atoms with Gasteiger partial charge in [0, 0.05) is 42.8 Å². The summed E-state index contributed by atoms with van der Waals surface area (Å²) >= 11 is 0. The molecule has 1 aliphatic heterocycles. The Morgan fingerprint density at radius 1 is 1.24 bits per heavy atom. The van der Waals surface area contributed by atoms with Crippen LogP contribution in [0.15, 0.2) is 24.8 Å². The van der Waals surface area contributed by atoms with Gasteiger partial charge in [-0.1, -0.05) is 0 Å². The molecule has 4 rings (SSSR count). The molecule has 3 heterocycles. The molecule has 0 N–H and O–H groups in total. The highest BCUT2D eigenvalue weighted by molar-refractivity contribution is 5.84. The summed E-state index contributed by atoms with van der Waals surface area (Å²) < 4.78 is 1.54. The molecule has 2 aromatic rings. The quantitative estimate of drug-likeness (QED) is 0.755. The lowest BCUT2D eigenvalue weighted by molar-refractivity contribution is -0.255. The molecular weight excluding hydrogens is 270 g/mol. The molecule has 0 bridgehead atoms. The van der Waals surface area contributed by atoms with Crippen molar-refractivity contribution in [1.29, 1.82) is 0 Å². The van der Waals surface area contributed by atoms with Crippen LogP contribution in [0.1, 0.15) is 22.3 Å². The van der Waals surface area contributed by atoms with E-state index in [1.165, 1.54) is 23.5 Å². The predicted octanol–water partition coefficient (Wildman–Crippen LogP) is -0.459. The van der Waals surface area contributed by atoms with Crippen molar-refractivity contribution in [1.82, 2.24) is 19.7 Å². The molecule has 21 heavy (non-hydrogen) atoms.